The summed E-state index contributed by atoms with van der Waals surface area (Å²) in [5.41, 5.74) is 12.9. The number of likely N-dealkylation sites (N-methyl/N-ethyl adjacent to an activating group) is 2. The zero-order valence-electron chi connectivity index (χ0n) is 25.1. The van der Waals surface area contributed by atoms with Gasteiger partial charge in [-0.3, -0.25) is 0 Å². The maximum Gasteiger partial charge on any atom is 0.0485 e. The van der Waals surface area contributed by atoms with Crippen LogP contribution in [0.15, 0.2) is 60.7 Å². The molecule has 3 aromatic carbocycles. The molecule has 214 valence electrons. The van der Waals surface area contributed by atoms with Gasteiger partial charge < -0.3 is 19.4 Å². The first kappa shape index (κ1) is 28.1. The number of aromatic nitrogens is 2. The van der Waals surface area contributed by atoms with E-state index in [1.54, 1.807) is 16.8 Å². The third kappa shape index (κ3) is 6.11. The largest absolute Gasteiger partial charge is 0.358 e. The van der Waals surface area contributed by atoms with Crippen LogP contribution in [0.25, 0.3) is 21.8 Å². The van der Waals surface area contributed by atoms with Gasteiger partial charge in [-0.15, -0.1) is 0 Å². The van der Waals surface area contributed by atoms with Gasteiger partial charge in [-0.2, -0.15) is 0 Å². The lowest BCUT2D eigenvalue weighted by Gasteiger charge is -2.14. The average molecular weight is 567 g/mol. The fraction of sp³-hybridized carbons (Fsp3) is 0.389. The molecular weight excluding hydrogens is 524 g/mol. The molecule has 2 aliphatic rings. The van der Waals surface area contributed by atoms with Crippen molar-refractivity contribution in [3.63, 3.8) is 0 Å². The molecule has 0 unspecified atom stereocenters. The lowest BCUT2D eigenvalue weighted by molar-refractivity contribution is 0.351. The Morgan fingerprint density at radius 1 is 0.707 bits per heavy atom. The third-order valence-electron chi connectivity index (χ3n) is 9.09. The molecular formula is C36H43ClN4. The molecule has 0 amide bonds. The molecule has 0 aliphatic carbocycles. The van der Waals surface area contributed by atoms with Crippen molar-refractivity contribution in [2.45, 2.75) is 52.5 Å². The molecule has 0 radical (unpaired) electrons. The highest BCUT2D eigenvalue weighted by atomic mass is 35.5. The summed E-state index contributed by atoms with van der Waals surface area (Å²) in [4.78, 5) is 8.44. The van der Waals surface area contributed by atoms with Crippen molar-refractivity contribution in [2.24, 2.45) is 0 Å². The van der Waals surface area contributed by atoms with Gasteiger partial charge in [-0.25, -0.2) is 0 Å². The number of hydrogen-bond donors (Lipinski definition) is 1. The first-order valence-electron chi connectivity index (χ1n) is 15.2. The van der Waals surface area contributed by atoms with E-state index in [9.17, 15) is 0 Å². The molecule has 5 aromatic rings. The Bertz CT molecular complexity index is 1660. The van der Waals surface area contributed by atoms with Crippen LogP contribution in [-0.4, -0.2) is 59.6 Å². The number of halogens is 1. The minimum Gasteiger partial charge on any atom is -0.358 e. The molecule has 0 saturated carbocycles. The Morgan fingerprint density at radius 3 is 2.10 bits per heavy atom. The van der Waals surface area contributed by atoms with Crippen molar-refractivity contribution >= 4 is 33.4 Å². The van der Waals surface area contributed by atoms with Crippen LogP contribution in [0.2, 0.25) is 5.02 Å². The highest BCUT2D eigenvalue weighted by Gasteiger charge is 2.20. The summed E-state index contributed by atoms with van der Waals surface area (Å²) in [6.07, 6.45) is 5.66. The second-order valence-corrected chi connectivity index (χ2v) is 12.6. The predicted octanol–water partition coefficient (Wildman–Crippen LogP) is 7.38. The molecule has 1 N–H and O–H groups in total. The summed E-state index contributed by atoms with van der Waals surface area (Å²) in [6, 6.07) is 21.9. The molecule has 2 aliphatic heterocycles. The maximum atomic E-state index is 6.02. The van der Waals surface area contributed by atoms with E-state index in [4.69, 9.17) is 11.6 Å². The quantitative estimate of drug-likeness (QED) is 0.247. The van der Waals surface area contributed by atoms with E-state index in [0.717, 1.165) is 50.3 Å². The molecule has 4 nitrogen and oxygen atoms in total. The average Bonchev–Trinajstić information content (AvgIpc) is 3.28. The lowest BCUT2D eigenvalue weighted by Crippen LogP contribution is -2.21. The van der Waals surface area contributed by atoms with Crippen LogP contribution in [0, 0.1) is 13.8 Å². The Morgan fingerprint density at radius 2 is 1.34 bits per heavy atom. The molecule has 0 spiro atoms. The normalized spacial score (nSPS) is 16.1. The van der Waals surface area contributed by atoms with Crippen molar-refractivity contribution in [3.8, 4) is 0 Å². The summed E-state index contributed by atoms with van der Waals surface area (Å²) in [5.74, 6) is 0. The van der Waals surface area contributed by atoms with Gasteiger partial charge in [0, 0.05) is 83.8 Å². The van der Waals surface area contributed by atoms with E-state index in [0.29, 0.717) is 0 Å². The van der Waals surface area contributed by atoms with Gasteiger partial charge in [0.25, 0.3) is 0 Å². The van der Waals surface area contributed by atoms with Gasteiger partial charge in [0.05, 0.1) is 0 Å². The monoisotopic (exact) mass is 566 g/mol. The van der Waals surface area contributed by atoms with E-state index < -0.39 is 0 Å². The van der Waals surface area contributed by atoms with E-state index >= 15 is 0 Å². The number of hydrogen-bond acceptors (Lipinski definition) is 2. The highest BCUT2D eigenvalue weighted by Crippen LogP contribution is 2.31. The number of nitrogens with one attached hydrogen (secondary N) is 1. The maximum absolute atomic E-state index is 6.02. The van der Waals surface area contributed by atoms with Gasteiger partial charge in [-0.1, -0.05) is 47.0 Å². The first-order valence-corrected chi connectivity index (χ1v) is 15.6. The number of fused-ring (bicyclic) bond motifs is 6. The van der Waals surface area contributed by atoms with Gasteiger partial charge in [0.2, 0.25) is 0 Å². The van der Waals surface area contributed by atoms with E-state index in [2.05, 4.69) is 95.8 Å². The van der Waals surface area contributed by atoms with Crippen LogP contribution in [0.3, 0.4) is 0 Å². The number of nitrogens with zero attached hydrogens (tertiary/aromatic N) is 3. The second-order valence-electron chi connectivity index (χ2n) is 12.2. The number of aryl methyl sites for hydroxylation is 4. The Labute approximate surface area is 249 Å². The first-order chi connectivity index (χ1) is 19.9. The summed E-state index contributed by atoms with van der Waals surface area (Å²) in [7, 11) is 4.44. The third-order valence-corrected chi connectivity index (χ3v) is 9.34. The molecule has 4 heterocycles. The number of benzene rings is 3. The van der Waals surface area contributed by atoms with E-state index in [1.165, 1.54) is 63.7 Å². The fourth-order valence-corrected chi connectivity index (χ4v) is 6.77. The van der Waals surface area contributed by atoms with Crippen molar-refractivity contribution in [1.82, 2.24) is 19.4 Å². The van der Waals surface area contributed by atoms with Crippen molar-refractivity contribution in [2.75, 3.05) is 40.3 Å². The Balaban J connectivity index is 0.000000162. The molecule has 0 atom stereocenters. The van der Waals surface area contributed by atoms with Crippen molar-refractivity contribution in [1.29, 1.82) is 0 Å². The molecule has 0 bridgehead atoms. The lowest BCUT2D eigenvalue weighted by atomic mass is 10.1. The molecule has 0 saturated heterocycles. The summed E-state index contributed by atoms with van der Waals surface area (Å²) < 4.78 is 2.57. The number of aromatic amines is 1. The van der Waals surface area contributed by atoms with Crippen molar-refractivity contribution in [3.05, 3.63) is 105 Å². The minimum atomic E-state index is 0.808. The van der Waals surface area contributed by atoms with Crippen molar-refractivity contribution < 1.29 is 0 Å². The Hall–Kier alpha value is -3.05. The molecule has 5 heteroatoms. The van der Waals surface area contributed by atoms with Crippen LogP contribution in [0.4, 0.5) is 0 Å². The topological polar surface area (TPSA) is 27.2 Å². The molecule has 7 rings (SSSR count). The van der Waals surface area contributed by atoms with Gasteiger partial charge in [0.1, 0.15) is 0 Å². The van der Waals surface area contributed by atoms with Crippen LogP contribution < -0.4 is 0 Å². The van der Waals surface area contributed by atoms with E-state index in [-0.39, 0.29) is 0 Å². The highest BCUT2D eigenvalue weighted by molar-refractivity contribution is 6.30. The second kappa shape index (κ2) is 12.1. The number of H-pyrrole nitrogens is 1. The standard InChI is InChI=1S/C22H25ClN2.C14H18N2/c1-16-3-8-21-20(15-16)19-10-12-24(2)13-11-22(19)25(21)14-9-17-4-6-18(23)7-5-17;1-10-3-4-13-12(9-10)11-5-7-16(2)8-6-14(11)15-13/h3-8,15H,9-14H2,1-2H3;3-4,9,15H,5-8H2,1-2H3. The summed E-state index contributed by atoms with van der Waals surface area (Å²) in [6.45, 7) is 10.0. The molecule has 41 heavy (non-hydrogen) atoms. The van der Waals surface area contributed by atoms with Crippen LogP contribution in [0.1, 0.15) is 39.2 Å². The van der Waals surface area contributed by atoms with Crippen LogP contribution in [0.5, 0.6) is 0 Å². The predicted molar refractivity (Wildman–Crippen MR) is 175 cm³/mol. The van der Waals surface area contributed by atoms with Gasteiger partial charge in [-0.05, 0) is 100 Å². The zero-order valence-corrected chi connectivity index (χ0v) is 25.8. The fourth-order valence-electron chi connectivity index (χ4n) is 6.65. The minimum absolute atomic E-state index is 0.808. The number of rotatable bonds is 3. The Kier molecular flexibility index (Phi) is 8.26. The smallest absolute Gasteiger partial charge is 0.0485 e. The van der Waals surface area contributed by atoms with Gasteiger partial charge in [0.15, 0.2) is 0 Å². The SMILES string of the molecule is Cc1ccc2[nH]c3c(c2c1)CCN(C)CC3.Cc1ccc2c(c1)c1c(n2CCc2ccc(Cl)cc2)CCN(C)CC1. The van der Waals surface area contributed by atoms with Gasteiger partial charge >= 0.3 is 0 Å². The van der Waals surface area contributed by atoms with Crippen LogP contribution in [-0.2, 0) is 38.6 Å². The molecule has 0 fully saturated rings. The zero-order chi connectivity index (χ0) is 28.5. The van der Waals surface area contributed by atoms with Crippen LogP contribution >= 0.6 is 11.6 Å². The summed E-state index contributed by atoms with van der Waals surface area (Å²) in [5, 5.41) is 3.70. The summed E-state index contributed by atoms with van der Waals surface area (Å²) >= 11 is 6.02. The van der Waals surface area contributed by atoms with E-state index in [1.807, 2.05) is 12.1 Å². The molecule has 2 aromatic heterocycles.